The van der Waals surface area contributed by atoms with Crippen molar-refractivity contribution >= 4 is 17.4 Å². The number of halogens is 3. The van der Waals surface area contributed by atoms with E-state index in [0.717, 1.165) is 12.1 Å². The van der Waals surface area contributed by atoms with E-state index in [-0.39, 0.29) is 5.69 Å². The molecule has 1 heterocycles. The summed E-state index contributed by atoms with van der Waals surface area (Å²) in [5, 5.41) is 2.24. The van der Waals surface area contributed by atoms with E-state index in [1.54, 1.807) is 0 Å². The number of primary amides is 1. The van der Waals surface area contributed by atoms with Gasteiger partial charge in [-0.05, 0) is 18.2 Å². The molecule has 1 saturated heterocycles. The molecule has 0 aromatic heterocycles. The van der Waals surface area contributed by atoms with Gasteiger partial charge in [-0.25, -0.2) is 4.79 Å². The molecule has 0 unspecified atom stereocenters. The Hall–Kier alpha value is -1.96. The number of alkyl halides is 3. The molecule has 1 aliphatic rings. The molecule has 1 aliphatic heterocycles. The zero-order valence-electron chi connectivity index (χ0n) is 10.5. The van der Waals surface area contributed by atoms with Gasteiger partial charge < -0.3 is 20.7 Å². The van der Waals surface area contributed by atoms with E-state index in [0.29, 0.717) is 32.0 Å². The molecule has 0 bridgehead atoms. The Morgan fingerprint density at radius 2 is 1.95 bits per heavy atom. The average Bonchev–Trinajstić information content (AvgIpc) is 2.38. The van der Waals surface area contributed by atoms with Crippen LogP contribution in [0.15, 0.2) is 18.2 Å². The maximum Gasteiger partial charge on any atom is 0.416 e. The summed E-state index contributed by atoms with van der Waals surface area (Å²) in [5.41, 5.74) is 4.72. The Morgan fingerprint density at radius 3 is 2.50 bits per heavy atom. The SMILES string of the molecule is NC(=O)Nc1cc(C(F)(F)F)ccc1N1CCOCC1. The first kappa shape index (κ1) is 14.4. The Bertz CT molecular complexity index is 499. The standard InChI is InChI=1S/C12H14F3N3O2/c13-12(14,15)8-1-2-10(9(7-8)17-11(16)19)18-3-5-20-6-4-18/h1-2,7H,3-6H2,(H3,16,17,19). The fourth-order valence-corrected chi connectivity index (χ4v) is 2.03. The fourth-order valence-electron chi connectivity index (χ4n) is 2.03. The van der Waals surface area contributed by atoms with Crippen molar-refractivity contribution in [2.24, 2.45) is 5.73 Å². The number of carbonyl (C=O) groups is 1. The topological polar surface area (TPSA) is 67.6 Å². The van der Waals surface area contributed by atoms with E-state index in [1.807, 2.05) is 4.90 Å². The predicted molar refractivity (Wildman–Crippen MR) is 67.7 cm³/mol. The summed E-state index contributed by atoms with van der Waals surface area (Å²) < 4.78 is 43.3. The van der Waals surface area contributed by atoms with Gasteiger partial charge in [-0.3, -0.25) is 0 Å². The van der Waals surface area contributed by atoms with Crippen LogP contribution < -0.4 is 16.0 Å². The summed E-state index contributed by atoms with van der Waals surface area (Å²) in [6, 6.07) is 2.30. The quantitative estimate of drug-likeness (QED) is 0.875. The molecule has 1 aromatic carbocycles. The van der Waals surface area contributed by atoms with Gasteiger partial charge >= 0.3 is 12.2 Å². The van der Waals surface area contributed by atoms with Crippen molar-refractivity contribution in [3.63, 3.8) is 0 Å². The van der Waals surface area contributed by atoms with Crippen LogP contribution in [0.4, 0.5) is 29.3 Å². The molecule has 1 fully saturated rings. The number of hydrogen-bond donors (Lipinski definition) is 2. The third-order valence-corrected chi connectivity index (χ3v) is 2.93. The summed E-state index contributed by atoms with van der Waals surface area (Å²) in [4.78, 5) is 12.8. The van der Waals surface area contributed by atoms with Crippen molar-refractivity contribution in [3.05, 3.63) is 23.8 Å². The summed E-state index contributed by atoms with van der Waals surface area (Å²) in [7, 11) is 0. The number of rotatable bonds is 2. The zero-order chi connectivity index (χ0) is 14.8. The van der Waals surface area contributed by atoms with Crippen LogP contribution in [0.25, 0.3) is 0 Å². The second-order valence-electron chi connectivity index (χ2n) is 4.32. The molecular formula is C12H14F3N3O2. The number of hydrogen-bond acceptors (Lipinski definition) is 3. The van der Waals surface area contributed by atoms with Crippen molar-refractivity contribution in [1.29, 1.82) is 0 Å². The minimum Gasteiger partial charge on any atom is -0.378 e. The van der Waals surface area contributed by atoms with Gasteiger partial charge in [-0.1, -0.05) is 0 Å². The molecule has 2 rings (SSSR count). The molecule has 5 nitrogen and oxygen atoms in total. The number of morpholine rings is 1. The molecule has 1 aromatic rings. The largest absolute Gasteiger partial charge is 0.416 e. The van der Waals surface area contributed by atoms with Gasteiger partial charge in [0.2, 0.25) is 0 Å². The van der Waals surface area contributed by atoms with E-state index in [4.69, 9.17) is 10.5 Å². The third kappa shape index (κ3) is 3.32. The molecule has 20 heavy (non-hydrogen) atoms. The number of ether oxygens (including phenoxy) is 1. The maximum atomic E-state index is 12.7. The minimum absolute atomic E-state index is 0.0502. The van der Waals surface area contributed by atoms with Gasteiger partial charge in [0.25, 0.3) is 0 Å². The van der Waals surface area contributed by atoms with Crippen molar-refractivity contribution < 1.29 is 22.7 Å². The maximum absolute atomic E-state index is 12.7. The van der Waals surface area contributed by atoms with Gasteiger partial charge in [0, 0.05) is 13.1 Å². The average molecular weight is 289 g/mol. The van der Waals surface area contributed by atoms with Crippen LogP contribution in [0.2, 0.25) is 0 Å². The third-order valence-electron chi connectivity index (χ3n) is 2.93. The van der Waals surface area contributed by atoms with E-state index in [9.17, 15) is 18.0 Å². The van der Waals surface area contributed by atoms with Crippen LogP contribution in [-0.4, -0.2) is 32.3 Å². The fraction of sp³-hybridized carbons (Fsp3) is 0.417. The lowest BCUT2D eigenvalue weighted by Crippen LogP contribution is -2.37. The normalized spacial score (nSPS) is 16.1. The highest BCUT2D eigenvalue weighted by Crippen LogP contribution is 2.35. The lowest BCUT2D eigenvalue weighted by Gasteiger charge is -2.30. The van der Waals surface area contributed by atoms with E-state index >= 15 is 0 Å². The smallest absolute Gasteiger partial charge is 0.378 e. The number of anilines is 2. The Labute approximate surface area is 113 Å². The molecular weight excluding hydrogens is 275 g/mol. The second kappa shape index (κ2) is 5.58. The number of amides is 2. The van der Waals surface area contributed by atoms with Crippen molar-refractivity contribution in [1.82, 2.24) is 0 Å². The highest BCUT2D eigenvalue weighted by atomic mass is 19.4. The Morgan fingerprint density at radius 1 is 1.30 bits per heavy atom. The summed E-state index contributed by atoms with van der Waals surface area (Å²) in [6.45, 7) is 2.05. The Balaban J connectivity index is 2.36. The van der Waals surface area contributed by atoms with Crippen molar-refractivity contribution in [2.45, 2.75) is 6.18 Å². The molecule has 0 aliphatic carbocycles. The minimum atomic E-state index is -4.47. The molecule has 8 heteroatoms. The van der Waals surface area contributed by atoms with Gasteiger partial charge in [0.05, 0.1) is 30.2 Å². The lowest BCUT2D eigenvalue weighted by molar-refractivity contribution is -0.137. The first-order chi connectivity index (χ1) is 9.38. The second-order valence-corrected chi connectivity index (χ2v) is 4.32. The highest BCUT2D eigenvalue weighted by molar-refractivity contribution is 5.92. The Kier molecular flexibility index (Phi) is 4.03. The highest BCUT2D eigenvalue weighted by Gasteiger charge is 2.31. The van der Waals surface area contributed by atoms with Crippen LogP contribution >= 0.6 is 0 Å². The van der Waals surface area contributed by atoms with E-state index < -0.39 is 17.8 Å². The van der Waals surface area contributed by atoms with E-state index in [1.165, 1.54) is 6.07 Å². The van der Waals surface area contributed by atoms with Gasteiger partial charge in [0.15, 0.2) is 0 Å². The summed E-state index contributed by atoms with van der Waals surface area (Å²) in [5.74, 6) is 0. The molecule has 0 radical (unpaired) electrons. The number of carbonyl (C=O) groups excluding carboxylic acids is 1. The van der Waals surface area contributed by atoms with Crippen LogP contribution in [0.1, 0.15) is 5.56 Å². The molecule has 0 spiro atoms. The number of benzene rings is 1. The van der Waals surface area contributed by atoms with Gasteiger partial charge in [0.1, 0.15) is 0 Å². The lowest BCUT2D eigenvalue weighted by atomic mass is 10.1. The number of urea groups is 1. The molecule has 0 saturated carbocycles. The number of nitrogens with zero attached hydrogens (tertiary/aromatic N) is 1. The molecule has 110 valence electrons. The van der Waals surface area contributed by atoms with Crippen molar-refractivity contribution in [2.75, 3.05) is 36.5 Å². The monoisotopic (exact) mass is 289 g/mol. The summed E-state index contributed by atoms with van der Waals surface area (Å²) in [6.07, 6.45) is -4.47. The number of nitrogens with two attached hydrogens (primary N) is 1. The predicted octanol–water partition coefficient (Wildman–Crippen LogP) is 2.03. The summed E-state index contributed by atoms with van der Waals surface area (Å²) >= 11 is 0. The number of nitrogens with one attached hydrogen (secondary N) is 1. The first-order valence-corrected chi connectivity index (χ1v) is 5.98. The van der Waals surface area contributed by atoms with Crippen LogP contribution in [0.5, 0.6) is 0 Å². The molecule has 2 amide bonds. The first-order valence-electron chi connectivity index (χ1n) is 5.98. The molecule has 0 atom stereocenters. The van der Waals surface area contributed by atoms with Crippen LogP contribution in [0, 0.1) is 0 Å². The van der Waals surface area contributed by atoms with Gasteiger partial charge in [-0.2, -0.15) is 13.2 Å². The van der Waals surface area contributed by atoms with Crippen LogP contribution in [-0.2, 0) is 10.9 Å². The zero-order valence-corrected chi connectivity index (χ0v) is 10.5. The van der Waals surface area contributed by atoms with Crippen molar-refractivity contribution in [3.8, 4) is 0 Å². The molecule has 3 N–H and O–H groups in total. The van der Waals surface area contributed by atoms with Crippen LogP contribution in [0.3, 0.4) is 0 Å². The van der Waals surface area contributed by atoms with Gasteiger partial charge in [-0.15, -0.1) is 0 Å². The van der Waals surface area contributed by atoms with E-state index in [2.05, 4.69) is 5.32 Å².